The summed E-state index contributed by atoms with van der Waals surface area (Å²) < 4.78 is 0. The topological polar surface area (TPSA) is 115 Å². The zero-order valence-corrected chi connectivity index (χ0v) is 8.79. The van der Waals surface area contributed by atoms with Crippen molar-refractivity contribution in [2.75, 3.05) is 0 Å². The van der Waals surface area contributed by atoms with Crippen LogP contribution >= 0.6 is 0 Å². The molecular weight excluding hydrogens is 220 g/mol. The number of nitrogens with two attached hydrogens (primary N) is 2. The van der Waals surface area contributed by atoms with Gasteiger partial charge in [0.15, 0.2) is 11.8 Å². The van der Waals surface area contributed by atoms with Crippen LogP contribution in [0.4, 0.5) is 5.82 Å². The van der Waals surface area contributed by atoms with Gasteiger partial charge in [0.05, 0.1) is 5.56 Å². The summed E-state index contributed by atoms with van der Waals surface area (Å²) in [6.07, 6.45) is 1.47. The summed E-state index contributed by atoms with van der Waals surface area (Å²) in [6.45, 7) is 0. The number of aliphatic imine (C=N–C) groups is 1. The fraction of sp³-hybridized carbons (Fsp3) is 0. The molecule has 6 nitrogen and oxygen atoms in total. The first-order valence-corrected chi connectivity index (χ1v) is 4.80. The molecule has 1 heterocycles. The smallest absolute Gasteiger partial charge is 0.336 e. The Morgan fingerprint density at radius 2 is 2.00 bits per heavy atom. The standard InChI is InChI=1S/C11H10N4O2/c12-11(13)15-9-7-2-1-3-8(10(16)17)6(7)4-5-14-9/h1-5H,(H,16,17)(H4,12,13,14,15). The van der Waals surface area contributed by atoms with Gasteiger partial charge in [0, 0.05) is 17.0 Å². The van der Waals surface area contributed by atoms with Crippen molar-refractivity contribution in [3.05, 3.63) is 36.0 Å². The quantitative estimate of drug-likeness (QED) is 0.522. The van der Waals surface area contributed by atoms with Gasteiger partial charge < -0.3 is 16.6 Å². The molecule has 0 fully saturated rings. The van der Waals surface area contributed by atoms with Crippen LogP contribution in [0.1, 0.15) is 10.4 Å². The van der Waals surface area contributed by atoms with Gasteiger partial charge in [-0.05, 0) is 12.1 Å². The lowest BCUT2D eigenvalue weighted by Gasteiger charge is -2.04. The first-order chi connectivity index (χ1) is 8.09. The number of fused-ring (bicyclic) bond motifs is 1. The van der Waals surface area contributed by atoms with Crippen molar-refractivity contribution < 1.29 is 9.90 Å². The molecule has 0 amide bonds. The van der Waals surface area contributed by atoms with Crippen LogP contribution in [0.15, 0.2) is 35.5 Å². The highest BCUT2D eigenvalue weighted by atomic mass is 16.4. The van der Waals surface area contributed by atoms with Gasteiger partial charge in [0.2, 0.25) is 0 Å². The SMILES string of the molecule is NC(N)=Nc1nccc2c(C(=O)O)cccc12. The third-order valence-electron chi connectivity index (χ3n) is 2.25. The van der Waals surface area contributed by atoms with Crippen LogP contribution in [0.3, 0.4) is 0 Å². The Labute approximate surface area is 96.6 Å². The maximum absolute atomic E-state index is 11.0. The van der Waals surface area contributed by atoms with Crippen LogP contribution in [0.2, 0.25) is 0 Å². The molecule has 0 bridgehead atoms. The minimum Gasteiger partial charge on any atom is -0.478 e. The number of carboxylic acids is 1. The molecule has 0 atom stereocenters. The number of pyridine rings is 1. The molecule has 0 spiro atoms. The van der Waals surface area contributed by atoms with Crippen LogP contribution in [-0.2, 0) is 0 Å². The van der Waals surface area contributed by atoms with Gasteiger partial charge in [-0.1, -0.05) is 12.1 Å². The third-order valence-corrected chi connectivity index (χ3v) is 2.25. The number of guanidine groups is 1. The molecule has 0 radical (unpaired) electrons. The summed E-state index contributed by atoms with van der Waals surface area (Å²) in [5.74, 6) is -0.811. The van der Waals surface area contributed by atoms with Crippen LogP contribution in [0, 0.1) is 0 Å². The average Bonchev–Trinajstić information content (AvgIpc) is 2.28. The Morgan fingerprint density at radius 3 is 2.65 bits per heavy atom. The molecule has 17 heavy (non-hydrogen) atoms. The molecule has 2 rings (SSSR count). The lowest BCUT2D eigenvalue weighted by molar-refractivity contribution is 0.0699. The summed E-state index contributed by atoms with van der Waals surface area (Å²) in [4.78, 5) is 18.9. The van der Waals surface area contributed by atoms with Crippen molar-refractivity contribution in [2.45, 2.75) is 0 Å². The maximum atomic E-state index is 11.0. The number of carbonyl (C=O) groups is 1. The van der Waals surface area contributed by atoms with Gasteiger partial charge in [0.25, 0.3) is 0 Å². The Bertz CT molecular complexity index is 618. The van der Waals surface area contributed by atoms with E-state index in [2.05, 4.69) is 9.98 Å². The van der Waals surface area contributed by atoms with E-state index in [0.717, 1.165) is 0 Å². The van der Waals surface area contributed by atoms with E-state index in [4.69, 9.17) is 16.6 Å². The summed E-state index contributed by atoms with van der Waals surface area (Å²) in [5.41, 5.74) is 10.8. The summed E-state index contributed by atoms with van der Waals surface area (Å²) in [7, 11) is 0. The minimum absolute atomic E-state index is 0.120. The summed E-state index contributed by atoms with van der Waals surface area (Å²) in [5, 5.41) is 10.2. The third kappa shape index (κ3) is 2.00. The number of carboxylic acid groups (broad SMARTS) is 1. The van der Waals surface area contributed by atoms with E-state index < -0.39 is 5.97 Å². The van der Waals surface area contributed by atoms with Gasteiger partial charge in [-0.25, -0.2) is 9.78 Å². The van der Waals surface area contributed by atoms with E-state index in [1.165, 1.54) is 12.3 Å². The predicted molar refractivity (Wildman–Crippen MR) is 64.2 cm³/mol. The van der Waals surface area contributed by atoms with Gasteiger partial charge in [-0.3, -0.25) is 0 Å². The van der Waals surface area contributed by atoms with E-state index in [9.17, 15) is 4.79 Å². The van der Waals surface area contributed by atoms with E-state index in [-0.39, 0.29) is 11.5 Å². The minimum atomic E-state index is -1.00. The van der Waals surface area contributed by atoms with E-state index >= 15 is 0 Å². The van der Waals surface area contributed by atoms with Gasteiger partial charge in [-0.2, -0.15) is 4.99 Å². The van der Waals surface area contributed by atoms with Crippen LogP contribution < -0.4 is 11.5 Å². The molecule has 1 aromatic heterocycles. The molecule has 0 aliphatic heterocycles. The first-order valence-electron chi connectivity index (χ1n) is 4.80. The highest BCUT2D eigenvalue weighted by Crippen LogP contribution is 2.25. The van der Waals surface area contributed by atoms with Crippen molar-refractivity contribution >= 4 is 28.5 Å². The molecule has 6 heteroatoms. The molecule has 86 valence electrons. The molecule has 2 aromatic rings. The van der Waals surface area contributed by atoms with Gasteiger partial charge in [-0.15, -0.1) is 0 Å². The van der Waals surface area contributed by atoms with Crippen molar-refractivity contribution in [1.29, 1.82) is 0 Å². The Morgan fingerprint density at radius 1 is 1.24 bits per heavy atom. The van der Waals surface area contributed by atoms with Crippen molar-refractivity contribution in [3.63, 3.8) is 0 Å². The molecule has 0 unspecified atom stereocenters. The van der Waals surface area contributed by atoms with Gasteiger partial charge >= 0.3 is 5.97 Å². The molecule has 0 aliphatic rings. The van der Waals surface area contributed by atoms with Crippen LogP contribution in [0.25, 0.3) is 10.8 Å². The van der Waals surface area contributed by atoms with E-state index in [0.29, 0.717) is 16.6 Å². The fourth-order valence-corrected chi connectivity index (χ4v) is 1.59. The number of rotatable bonds is 2. The second-order valence-electron chi connectivity index (χ2n) is 3.38. The highest BCUT2D eigenvalue weighted by molar-refractivity contribution is 6.06. The summed E-state index contributed by atoms with van der Waals surface area (Å²) in [6, 6.07) is 6.48. The lowest BCUT2D eigenvalue weighted by atomic mass is 10.1. The lowest BCUT2D eigenvalue weighted by Crippen LogP contribution is -2.22. The number of hydrogen-bond donors (Lipinski definition) is 3. The number of hydrogen-bond acceptors (Lipinski definition) is 3. The Kier molecular flexibility index (Phi) is 2.61. The van der Waals surface area contributed by atoms with Crippen molar-refractivity contribution in [3.8, 4) is 0 Å². The highest BCUT2D eigenvalue weighted by Gasteiger charge is 2.10. The molecule has 0 saturated heterocycles. The average molecular weight is 230 g/mol. The molecule has 1 aromatic carbocycles. The number of nitrogens with zero attached hydrogens (tertiary/aromatic N) is 2. The molecule has 0 saturated carbocycles. The first kappa shape index (κ1) is 10.9. The van der Waals surface area contributed by atoms with E-state index in [1.807, 2.05) is 0 Å². The number of aromatic nitrogens is 1. The van der Waals surface area contributed by atoms with Crippen molar-refractivity contribution in [2.24, 2.45) is 16.5 Å². The summed E-state index contributed by atoms with van der Waals surface area (Å²) >= 11 is 0. The predicted octanol–water partition coefficient (Wildman–Crippen LogP) is 0.838. The van der Waals surface area contributed by atoms with Gasteiger partial charge in [0.1, 0.15) is 0 Å². The van der Waals surface area contributed by atoms with Crippen molar-refractivity contribution in [1.82, 2.24) is 4.98 Å². The van der Waals surface area contributed by atoms with Crippen LogP contribution in [-0.4, -0.2) is 22.0 Å². The van der Waals surface area contributed by atoms with Crippen LogP contribution in [0.5, 0.6) is 0 Å². The molecule has 5 N–H and O–H groups in total. The molecular formula is C11H10N4O2. The monoisotopic (exact) mass is 230 g/mol. The second-order valence-corrected chi connectivity index (χ2v) is 3.38. The Hall–Kier alpha value is -2.63. The number of benzene rings is 1. The maximum Gasteiger partial charge on any atom is 0.336 e. The molecule has 0 aliphatic carbocycles. The second kappa shape index (κ2) is 4.09. The fourth-order valence-electron chi connectivity index (χ4n) is 1.59. The van der Waals surface area contributed by atoms with E-state index in [1.54, 1.807) is 18.2 Å². The zero-order chi connectivity index (χ0) is 12.4. The largest absolute Gasteiger partial charge is 0.478 e. The zero-order valence-electron chi connectivity index (χ0n) is 8.79. The number of aromatic carboxylic acids is 1. The Balaban J connectivity index is 2.79. The normalized spacial score (nSPS) is 10.1.